The number of fused-ring (bicyclic) bond motifs is 1. The van der Waals surface area contributed by atoms with Crippen LogP contribution in [0.4, 0.5) is 20.3 Å². The maximum absolute atomic E-state index is 15.4. The number of imidazole rings is 1. The van der Waals surface area contributed by atoms with Crippen molar-refractivity contribution in [3.63, 3.8) is 0 Å². The molecule has 5 aromatic rings. The van der Waals surface area contributed by atoms with Crippen molar-refractivity contribution in [2.75, 3.05) is 32.1 Å². The summed E-state index contributed by atoms with van der Waals surface area (Å²) in [7, 11) is 1.49. The number of nitrogens with one attached hydrogen (secondary N) is 3. The molecule has 3 aromatic heterocycles. The topological polar surface area (TPSA) is 205 Å². The number of aromatic nitrogens is 4. The third-order valence-electron chi connectivity index (χ3n) is 7.82. The predicted molar refractivity (Wildman–Crippen MR) is 192 cm³/mol. The fourth-order valence-corrected chi connectivity index (χ4v) is 5.16. The molecule has 0 unspecified atom stereocenters. The number of guanidine groups is 1. The highest BCUT2D eigenvalue weighted by Crippen LogP contribution is 2.33. The number of hydrogen-bond donors (Lipinski definition) is 6. The Labute approximate surface area is 292 Å². The fourth-order valence-electron chi connectivity index (χ4n) is 5.16. The van der Waals surface area contributed by atoms with Gasteiger partial charge < -0.3 is 42.6 Å². The number of rotatable bonds is 16. The van der Waals surface area contributed by atoms with Crippen molar-refractivity contribution in [2.45, 2.75) is 25.8 Å². The zero-order chi connectivity index (χ0) is 36.5. The van der Waals surface area contributed by atoms with Crippen molar-refractivity contribution in [3.05, 3.63) is 96.6 Å². The molecular weight excluding hydrogens is 660 g/mol. The van der Waals surface area contributed by atoms with E-state index in [1.54, 1.807) is 16.7 Å². The Morgan fingerprint density at radius 2 is 1.84 bits per heavy atom. The van der Waals surface area contributed by atoms with E-state index in [9.17, 15) is 4.79 Å². The van der Waals surface area contributed by atoms with Gasteiger partial charge in [0.1, 0.15) is 5.75 Å². The van der Waals surface area contributed by atoms with E-state index < -0.39 is 17.7 Å². The number of ether oxygens (including phenoxy) is 2. The van der Waals surface area contributed by atoms with E-state index in [-0.39, 0.29) is 35.6 Å². The normalized spacial score (nSPS) is 11.5. The molecule has 14 nitrogen and oxygen atoms in total. The smallest absolute Gasteiger partial charge is 0.237 e. The van der Waals surface area contributed by atoms with Gasteiger partial charge in [0.05, 0.1) is 31.2 Å². The van der Waals surface area contributed by atoms with Gasteiger partial charge in [-0.05, 0) is 48.7 Å². The number of anilines is 2. The van der Waals surface area contributed by atoms with Gasteiger partial charge in [-0.15, -0.1) is 0 Å². The molecule has 0 aliphatic carbocycles. The van der Waals surface area contributed by atoms with Crippen molar-refractivity contribution in [2.24, 2.45) is 22.2 Å². The standard InChI is InChI=1S/C35H39F2N11O3/c1-4-21-17-22(5-7-24(21)20(2)41-13-14-43-34(49)26(38)11-12-44-35(39)40)47-32-33-46-19-27(48(33)16-15-42-32)25-8-9-28(31(37)30(25)36)51-29-10-6-23(50-3)18-45-29/h5-10,15-19,26,41H,2,4,11-14,38H2,1,3H3,(H,42,47)(H,43,49)(H4,39,40,44)/t26-/m0/s1. The molecule has 5 rings (SSSR count). The number of carbonyl (C=O) groups excluding carboxylic acids is 1. The van der Waals surface area contributed by atoms with E-state index in [1.807, 2.05) is 25.1 Å². The molecule has 266 valence electrons. The van der Waals surface area contributed by atoms with Crippen molar-refractivity contribution < 1.29 is 23.0 Å². The van der Waals surface area contributed by atoms with E-state index in [2.05, 4.69) is 42.5 Å². The first-order chi connectivity index (χ1) is 24.6. The molecule has 3 heterocycles. The maximum Gasteiger partial charge on any atom is 0.237 e. The molecule has 0 spiro atoms. The van der Waals surface area contributed by atoms with Gasteiger partial charge in [-0.1, -0.05) is 19.6 Å². The van der Waals surface area contributed by atoms with Crippen molar-refractivity contribution in [1.29, 1.82) is 0 Å². The molecule has 1 atom stereocenters. The Bertz CT molecular complexity index is 2050. The van der Waals surface area contributed by atoms with E-state index in [0.717, 1.165) is 16.8 Å². The average Bonchev–Trinajstić information content (AvgIpc) is 3.57. The molecule has 0 radical (unpaired) electrons. The fraction of sp³-hybridized carbons (Fsp3) is 0.229. The molecule has 0 aliphatic heterocycles. The number of aryl methyl sites for hydroxylation is 1. The van der Waals surface area contributed by atoms with E-state index in [0.29, 0.717) is 54.5 Å². The number of amides is 1. The Morgan fingerprint density at radius 1 is 1.04 bits per heavy atom. The molecule has 51 heavy (non-hydrogen) atoms. The lowest BCUT2D eigenvalue weighted by atomic mass is 10.0. The van der Waals surface area contributed by atoms with Gasteiger partial charge >= 0.3 is 0 Å². The van der Waals surface area contributed by atoms with Crippen molar-refractivity contribution >= 4 is 34.7 Å². The molecule has 0 saturated carbocycles. The third kappa shape index (κ3) is 8.66. The predicted octanol–water partition coefficient (Wildman–Crippen LogP) is 3.84. The van der Waals surface area contributed by atoms with Crippen LogP contribution in [0.25, 0.3) is 22.6 Å². The van der Waals surface area contributed by atoms with Crippen LogP contribution < -0.4 is 42.6 Å². The van der Waals surface area contributed by atoms with Gasteiger partial charge in [0.25, 0.3) is 0 Å². The minimum Gasteiger partial charge on any atom is -0.495 e. The van der Waals surface area contributed by atoms with Crippen LogP contribution in [0.3, 0.4) is 0 Å². The van der Waals surface area contributed by atoms with Crippen LogP contribution in [-0.2, 0) is 11.2 Å². The monoisotopic (exact) mass is 699 g/mol. The largest absolute Gasteiger partial charge is 0.495 e. The Morgan fingerprint density at radius 3 is 2.57 bits per heavy atom. The number of halogens is 2. The van der Waals surface area contributed by atoms with Crippen LogP contribution >= 0.6 is 0 Å². The summed E-state index contributed by atoms with van der Waals surface area (Å²) in [5.74, 6) is -1.94. The highest BCUT2D eigenvalue weighted by atomic mass is 19.2. The number of aliphatic imine (C=N–C) groups is 1. The number of carbonyl (C=O) groups is 1. The molecule has 0 fully saturated rings. The average molecular weight is 700 g/mol. The lowest BCUT2D eigenvalue weighted by Crippen LogP contribution is -2.43. The Hall–Kier alpha value is -6.29. The molecule has 0 bridgehead atoms. The molecule has 2 aromatic carbocycles. The molecule has 0 aliphatic rings. The minimum atomic E-state index is -1.17. The van der Waals surface area contributed by atoms with Gasteiger partial charge in [-0.25, -0.2) is 19.3 Å². The number of methoxy groups -OCH3 is 1. The van der Waals surface area contributed by atoms with Gasteiger partial charge in [0.2, 0.25) is 17.6 Å². The van der Waals surface area contributed by atoms with Crippen LogP contribution in [0, 0.1) is 11.6 Å². The molecule has 0 saturated heterocycles. The first kappa shape index (κ1) is 36.0. The molecule has 1 amide bonds. The summed E-state index contributed by atoms with van der Waals surface area (Å²) in [6, 6.07) is 10.9. The summed E-state index contributed by atoms with van der Waals surface area (Å²) in [6.45, 7) is 7.23. The highest BCUT2D eigenvalue weighted by Gasteiger charge is 2.20. The molecule has 9 N–H and O–H groups in total. The lowest BCUT2D eigenvalue weighted by Gasteiger charge is -2.16. The minimum absolute atomic E-state index is 0.0129. The van der Waals surface area contributed by atoms with E-state index in [1.165, 1.54) is 43.9 Å². The Balaban J connectivity index is 1.24. The lowest BCUT2D eigenvalue weighted by molar-refractivity contribution is -0.122. The third-order valence-corrected chi connectivity index (χ3v) is 7.82. The van der Waals surface area contributed by atoms with Crippen molar-refractivity contribution in [3.8, 4) is 28.6 Å². The second-order valence-electron chi connectivity index (χ2n) is 11.2. The number of nitrogens with two attached hydrogens (primary N) is 3. The van der Waals surface area contributed by atoms with E-state index >= 15 is 8.78 Å². The Kier molecular flexibility index (Phi) is 11.6. The first-order valence-corrected chi connectivity index (χ1v) is 16.0. The second kappa shape index (κ2) is 16.4. The second-order valence-corrected chi connectivity index (χ2v) is 11.2. The number of benzene rings is 2. The summed E-state index contributed by atoms with van der Waals surface area (Å²) in [5.41, 5.74) is 20.5. The summed E-state index contributed by atoms with van der Waals surface area (Å²) in [6.07, 6.45) is 7.04. The van der Waals surface area contributed by atoms with Crippen LogP contribution in [-0.4, -0.2) is 64.0 Å². The number of pyridine rings is 1. The SMILES string of the molecule is C=C(NCCNC(=O)[C@@H](N)CCN=C(N)N)c1ccc(Nc2nccn3c(-c4ccc(Oc5ccc(OC)cn5)c(F)c4F)cnc23)cc1CC. The van der Waals surface area contributed by atoms with Crippen LogP contribution in [0.15, 0.2) is 78.8 Å². The quantitative estimate of drug-likeness (QED) is 0.0496. The van der Waals surface area contributed by atoms with Gasteiger partial charge in [-0.2, -0.15) is 4.39 Å². The molecular formula is C35H39F2N11O3. The van der Waals surface area contributed by atoms with Crippen LogP contribution in [0.1, 0.15) is 24.5 Å². The first-order valence-electron chi connectivity index (χ1n) is 16.0. The summed E-state index contributed by atoms with van der Waals surface area (Å²) < 4.78 is 42.7. The zero-order valence-electron chi connectivity index (χ0n) is 28.1. The summed E-state index contributed by atoms with van der Waals surface area (Å²) in [4.78, 5) is 29.0. The number of hydrogen-bond acceptors (Lipinski definition) is 10. The van der Waals surface area contributed by atoms with E-state index in [4.69, 9.17) is 26.7 Å². The van der Waals surface area contributed by atoms with Crippen molar-refractivity contribution in [1.82, 2.24) is 30.0 Å². The van der Waals surface area contributed by atoms with Gasteiger partial charge in [-0.3, -0.25) is 14.2 Å². The summed E-state index contributed by atoms with van der Waals surface area (Å²) in [5, 5.41) is 9.32. The summed E-state index contributed by atoms with van der Waals surface area (Å²) >= 11 is 0. The maximum atomic E-state index is 15.4. The number of nitrogens with zero attached hydrogens (tertiary/aromatic N) is 5. The zero-order valence-corrected chi connectivity index (χ0v) is 28.1. The van der Waals surface area contributed by atoms with Crippen LogP contribution in [0.2, 0.25) is 0 Å². The highest BCUT2D eigenvalue weighted by molar-refractivity contribution is 5.81. The van der Waals surface area contributed by atoms with Crippen LogP contribution in [0.5, 0.6) is 17.4 Å². The van der Waals surface area contributed by atoms with Gasteiger partial charge in [0, 0.05) is 60.6 Å². The molecule has 16 heteroatoms. The van der Waals surface area contributed by atoms with Gasteiger partial charge in [0.15, 0.2) is 29.0 Å².